The number of benzene rings is 1. The van der Waals surface area contributed by atoms with Crippen LogP contribution >= 0.6 is 11.3 Å². The monoisotopic (exact) mass is 691 g/mol. The van der Waals surface area contributed by atoms with Crippen molar-refractivity contribution in [2.75, 3.05) is 59.8 Å². The summed E-state index contributed by atoms with van der Waals surface area (Å²) in [6, 6.07) is 5.70. The van der Waals surface area contributed by atoms with Crippen molar-refractivity contribution in [3.8, 4) is 10.4 Å². The number of amides is 4. The quantitative estimate of drug-likeness (QED) is 0.180. The van der Waals surface area contributed by atoms with Crippen molar-refractivity contribution in [3.63, 3.8) is 0 Å². The molecule has 1 aromatic carbocycles. The third-order valence-electron chi connectivity index (χ3n) is 7.70. The number of rotatable bonds is 17. The SMILES string of the molecule is CNC(=O)OCCOCCOCCOCC(=O)NC(C(=O)N1C[C@H](O)C[C@H]1C(=O)NC(C)c1ccc(-c2scnc2C)cc1)C(C)(C)C. The van der Waals surface area contributed by atoms with Crippen LogP contribution in [0.2, 0.25) is 0 Å². The van der Waals surface area contributed by atoms with E-state index in [0.29, 0.717) is 13.2 Å². The number of aryl methyl sites for hydroxylation is 1. The summed E-state index contributed by atoms with van der Waals surface area (Å²) in [6.45, 7) is 10.3. The molecule has 0 bridgehead atoms. The van der Waals surface area contributed by atoms with Gasteiger partial charge in [-0.3, -0.25) is 14.4 Å². The summed E-state index contributed by atoms with van der Waals surface area (Å²) in [4.78, 5) is 57.8. The van der Waals surface area contributed by atoms with Gasteiger partial charge in [-0.05, 0) is 30.4 Å². The molecule has 3 rings (SSSR count). The lowest BCUT2D eigenvalue weighted by atomic mass is 9.85. The van der Waals surface area contributed by atoms with Crippen LogP contribution in [0, 0.1) is 12.3 Å². The van der Waals surface area contributed by atoms with E-state index in [9.17, 15) is 24.3 Å². The normalized spacial score (nSPS) is 17.4. The summed E-state index contributed by atoms with van der Waals surface area (Å²) in [6.07, 6.45) is -1.30. The Labute approximate surface area is 285 Å². The summed E-state index contributed by atoms with van der Waals surface area (Å²) in [5.74, 6) is -1.32. The molecule has 4 amide bonds. The summed E-state index contributed by atoms with van der Waals surface area (Å²) >= 11 is 1.57. The van der Waals surface area contributed by atoms with E-state index < -0.39 is 41.5 Å². The first kappa shape index (κ1) is 38.8. The first-order valence-electron chi connectivity index (χ1n) is 16.0. The summed E-state index contributed by atoms with van der Waals surface area (Å²) in [7, 11) is 1.47. The molecule has 4 atom stereocenters. The molecule has 1 aliphatic rings. The fourth-order valence-electron chi connectivity index (χ4n) is 5.09. The number of thiazole rings is 1. The average Bonchev–Trinajstić information content (AvgIpc) is 3.66. The lowest BCUT2D eigenvalue weighted by Gasteiger charge is -2.35. The molecule has 48 heavy (non-hydrogen) atoms. The topological polar surface area (TPSA) is 178 Å². The highest BCUT2D eigenvalue weighted by Gasteiger charge is 2.44. The molecule has 1 aromatic heterocycles. The highest BCUT2D eigenvalue weighted by atomic mass is 32.1. The van der Waals surface area contributed by atoms with Crippen LogP contribution in [0.3, 0.4) is 0 Å². The minimum atomic E-state index is -0.963. The molecule has 2 unspecified atom stereocenters. The van der Waals surface area contributed by atoms with Gasteiger partial charge in [-0.2, -0.15) is 0 Å². The van der Waals surface area contributed by atoms with Gasteiger partial charge < -0.3 is 44.9 Å². The van der Waals surface area contributed by atoms with Crippen molar-refractivity contribution in [1.29, 1.82) is 0 Å². The summed E-state index contributed by atoms with van der Waals surface area (Å²) < 4.78 is 20.9. The maximum absolute atomic E-state index is 13.8. The number of likely N-dealkylation sites (tertiary alicyclic amines) is 1. The molecular formula is C33H49N5O9S. The Hall–Kier alpha value is -3.63. The molecule has 0 saturated carbocycles. The smallest absolute Gasteiger partial charge is 0.406 e. The number of aliphatic hydroxyl groups excluding tert-OH is 1. The second kappa shape index (κ2) is 18.8. The Morgan fingerprint density at radius 3 is 2.21 bits per heavy atom. The van der Waals surface area contributed by atoms with Gasteiger partial charge in [0.2, 0.25) is 17.7 Å². The van der Waals surface area contributed by atoms with Gasteiger partial charge in [0.05, 0.1) is 61.3 Å². The van der Waals surface area contributed by atoms with E-state index in [2.05, 4.69) is 20.9 Å². The largest absolute Gasteiger partial charge is 0.447 e. The number of carbonyl (C=O) groups excluding carboxylic acids is 4. The van der Waals surface area contributed by atoms with E-state index in [1.54, 1.807) is 11.3 Å². The fourth-order valence-corrected chi connectivity index (χ4v) is 5.90. The van der Waals surface area contributed by atoms with Crippen molar-refractivity contribution >= 4 is 35.2 Å². The molecule has 266 valence electrons. The van der Waals surface area contributed by atoms with E-state index >= 15 is 0 Å². The number of nitrogens with one attached hydrogen (secondary N) is 3. The first-order valence-corrected chi connectivity index (χ1v) is 16.9. The molecule has 0 spiro atoms. The van der Waals surface area contributed by atoms with Crippen molar-refractivity contribution in [2.24, 2.45) is 5.41 Å². The van der Waals surface area contributed by atoms with Crippen LogP contribution in [0.25, 0.3) is 10.4 Å². The minimum absolute atomic E-state index is 0.0186. The lowest BCUT2D eigenvalue weighted by Crippen LogP contribution is -2.58. The van der Waals surface area contributed by atoms with Gasteiger partial charge in [0.15, 0.2) is 0 Å². The van der Waals surface area contributed by atoms with Gasteiger partial charge >= 0.3 is 6.09 Å². The molecule has 15 heteroatoms. The van der Waals surface area contributed by atoms with Gasteiger partial charge in [-0.1, -0.05) is 45.0 Å². The minimum Gasteiger partial charge on any atom is -0.447 e. The van der Waals surface area contributed by atoms with Gasteiger partial charge in [-0.25, -0.2) is 9.78 Å². The lowest BCUT2D eigenvalue weighted by molar-refractivity contribution is -0.144. The first-order chi connectivity index (χ1) is 22.8. The molecule has 2 heterocycles. The number of hydrogen-bond donors (Lipinski definition) is 4. The van der Waals surface area contributed by atoms with E-state index in [0.717, 1.165) is 21.7 Å². The van der Waals surface area contributed by atoms with E-state index in [1.807, 2.05) is 64.4 Å². The highest BCUT2D eigenvalue weighted by molar-refractivity contribution is 7.13. The predicted molar refractivity (Wildman–Crippen MR) is 179 cm³/mol. The van der Waals surface area contributed by atoms with Crippen LogP contribution in [-0.2, 0) is 33.3 Å². The number of alkyl carbamates (subject to hydrolysis) is 1. The Bertz CT molecular complexity index is 1350. The predicted octanol–water partition coefficient (Wildman–Crippen LogP) is 2.19. The zero-order valence-electron chi connectivity index (χ0n) is 28.6. The van der Waals surface area contributed by atoms with Crippen LogP contribution in [0.5, 0.6) is 0 Å². The molecular weight excluding hydrogens is 642 g/mol. The Kier molecular flexibility index (Phi) is 15.2. The van der Waals surface area contributed by atoms with Crippen LogP contribution in [0.15, 0.2) is 29.8 Å². The second-order valence-corrected chi connectivity index (χ2v) is 13.4. The highest BCUT2D eigenvalue weighted by Crippen LogP contribution is 2.29. The molecule has 1 aliphatic heterocycles. The maximum Gasteiger partial charge on any atom is 0.406 e. The summed E-state index contributed by atoms with van der Waals surface area (Å²) in [5.41, 5.74) is 4.02. The third-order valence-corrected chi connectivity index (χ3v) is 8.68. The maximum atomic E-state index is 13.8. The average molecular weight is 692 g/mol. The summed E-state index contributed by atoms with van der Waals surface area (Å²) in [5, 5.41) is 18.6. The zero-order chi connectivity index (χ0) is 35.3. The molecule has 0 radical (unpaired) electrons. The fraction of sp³-hybridized carbons (Fsp3) is 0.606. The molecule has 4 N–H and O–H groups in total. The van der Waals surface area contributed by atoms with Crippen LogP contribution < -0.4 is 16.0 Å². The standard InChI is InChI=1S/C33H49N5O9S/c1-21(23-7-9-24(10-8-23)28-22(2)35-20-48-28)36-30(41)26-17-25(39)18-38(26)31(42)29(33(3,4)5)37-27(40)19-46-14-13-44-11-12-45-15-16-47-32(43)34-6/h7-10,20-21,25-26,29,39H,11-19H2,1-6H3,(H,34,43)(H,36,41)(H,37,40)/t21?,25-,26+,29?/m1/s1. The number of hydrogen-bond acceptors (Lipinski definition) is 11. The van der Waals surface area contributed by atoms with Gasteiger partial charge in [-0.15, -0.1) is 11.3 Å². The number of aliphatic hydroxyl groups is 1. The molecule has 0 aliphatic carbocycles. The third kappa shape index (κ3) is 11.8. The van der Waals surface area contributed by atoms with E-state index in [-0.39, 0.29) is 57.9 Å². The number of ether oxygens (including phenoxy) is 4. The van der Waals surface area contributed by atoms with Gasteiger partial charge in [0.25, 0.3) is 0 Å². The van der Waals surface area contributed by atoms with Gasteiger partial charge in [0.1, 0.15) is 25.3 Å². The Balaban J connectivity index is 1.47. The number of carbonyl (C=O) groups is 4. The van der Waals surface area contributed by atoms with Crippen molar-refractivity contribution in [3.05, 3.63) is 41.0 Å². The molecule has 14 nitrogen and oxygen atoms in total. The molecule has 1 fully saturated rings. The zero-order valence-corrected chi connectivity index (χ0v) is 29.4. The van der Waals surface area contributed by atoms with Gasteiger partial charge in [0, 0.05) is 20.0 Å². The van der Waals surface area contributed by atoms with Crippen LogP contribution in [0.1, 0.15) is 51.4 Å². The molecule has 2 aromatic rings. The van der Waals surface area contributed by atoms with Crippen molar-refractivity contribution in [1.82, 2.24) is 25.8 Å². The van der Waals surface area contributed by atoms with Crippen LogP contribution in [-0.4, -0.2) is 117 Å². The Morgan fingerprint density at radius 2 is 1.62 bits per heavy atom. The van der Waals surface area contributed by atoms with Crippen molar-refractivity contribution in [2.45, 2.75) is 65.3 Å². The van der Waals surface area contributed by atoms with Crippen LogP contribution in [0.4, 0.5) is 4.79 Å². The van der Waals surface area contributed by atoms with E-state index in [1.165, 1.54) is 11.9 Å². The molecule has 1 saturated heterocycles. The Morgan fingerprint density at radius 1 is 1.00 bits per heavy atom. The van der Waals surface area contributed by atoms with Crippen molar-refractivity contribution < 1.29 is 43.2 Å². The second-order valence-electron chi connectivity index (χ2n) is 12.5. The number of β-amino-alcohol motifs (C(OH)–C–C–N with tert-alkyl or cyclic N) is 1. The number of nitrogens with zero attached hydrogens (tertiary/aromatic N) is 2. The van der Waals surface area contributed by atoms with E-state index in [4.69, 9.17) is 18.9 Å². The number of aromatic nitrogens is 1.